The van der Waals surface area contributed by atoms with Crippen LogP contribution in [0.15, 0.2) is 47.4 Å². The Morgan fingerprint density at radius 1 is 1.00 bits per heavy atom. The molecular weight excluding hydrogens is 566 g/mol. The number of hydrogen-bond donors (Lipinski definition) is 1. The van der Waals surface area contributed by atoms with Crippen LogP contribution in [0.3, 0.4) is 0 Å². The highest BCUT2D eigenvalue weighted by Gasteiger charge is 2.30. The van der Waals surface area contributed by atoms with Gasteiger partial charge in [0, 0.05) is 37.3 Å². The molecule has 11 heteroatoms. The van der Waals surface area contributed by atoms with Crippen LogP contribution in [0.1, 0.15) is 43.7 Å². The molecule has 0 saturated heterocycles. The molecule has 1 unspecified atom stereocenters. The van der Waals surface area contributed by atoms with Crippen LogP contribution in [0.25, 0.3) is 0 Å². The lowest BCUT2D eigenvalue weighted by molar-refractivity contribution is -0.125. The first-order valence-electron chi connectivity index (χ1n) is 14.0. The number of amides is 1. The van der Waals surface area contributed by atoms with E-state index >= 15 is 0 Å². The molecule has 2 aromatic rings. The van der Waals surface area contributed by atoms with Crippen LogP contribution in [0.4, 0.5) is 0 Å². The number of halogens is 1. The minimum absolute atomic E-state index is 0.0895. The van der Waals surface area contributed by atoms with Gasteiger partial charge >= 0.3 is 0 Å². The highest BCUT2D eigenvalue weighted by molar-refractivity contribution is 7.89. The van der Waals surface area contributed by atoms with Gasteiger partial charge in [0.2, 0.25) is 15.9 Å². The largest absolute Gasteiger partial charge is 0.493 e. The van der Waals surface area contributed by atoms with Gasteiger partial charge in [-0.25, -0.2) is 8.42 Å². The summed E-state index contributed by atoms with van der Waals surface area (Å²) in [6, 6.07) is 13.0. The number of benzene rings is 2. The van der Waals surface area contributed by atoms with E-state index in [4.69, 9.17) is 25.8 Å². The number of nitrogens with zero attached hydrogens (tertiary/aromatic N) is 2. The zero-order valence-corrected chi connectivity index (χ0v) is 26.3. The molecule has 1 saturated carbocycles. The summed E-state index contributed by atoms with van der Waals surface area (Å²) in [4.78, 5) is 14.7. The maximum Gasteiger partial charge on any atom is 0.245 e. The van der Waals surface area contributed by atoms with E-state index in [0.717, 1.165) is 37.1 Å². The van der Waals surface area contributed by atoms with E-state index in [1.807, 2.05) is 12.1 Å². The maximum absolute atomic E-state index is 12.9. The Kier molecular flexibility index (Phi) is 12.7. The monoisotopic (exact) mass is 609 g/mol. The van der Waals surface area contributed by atoms with Crippen LogP contribution in [-0.2, 0) is 19.6 Å². The summed E-state index contributed by atoms with van der Waals surface area (Å²) in [5, 5.41) is 3.70. The van der Waals surface area contributed by atoms with Gasteiger partial charge in [0.15, 0.2) is 11.5 Å². The lowest BCUT2D eigenvalue weighted by atomic mass is 9.75. The first-order chi connectivity index (χ1) is 19.6. The number of hydrogen-bond acceptors (Lipinski definition) is 7. The Hall–Kier alpha value is -2.37. The zero-order valence-electron chi connectivity index (χ0n) is 24.8. The molecule has 1 aliphatic rings. The molecule has 1 amide bonds. The molecule has 41 heavy (non-hydrogen) atoms. The average Bonchev–Trinajstić information content (AvgIpc) is 2.96. The fourth-order valence-corrected chi connectivity index (χ4v) is 6.84. The van der Waals surface area contributed by atoms with E-state index in [2.05, 4.69) is 36.4 Å². The Bertz CT molecular complexity index is 1220. The third-order valence-electron chi connectivity index (χ3n) is 7.83. The smallest absolute Gasteiger partial charge is 0.245 e. The molecule has 1 fully saturated rings. The van der Waals surface area contributed by atoms with Gasteiger partial charge in [-0.1, -0.05) is 36.6 Å². The zero-order chi connectivity index (χ0) is 30.0. The van der Waals surface area contributed by atoms with E-state index in [1.165, 1.54) is 43.3 Å². The predicted molar refractivity (Wildman–Crippen MR) is 161 cm³/mol. The number of methoxy groups -OCH3 is 2. The van der Waals surface area contributed by atoms with Crippen molar-refractivity contribution in [3.63, 3.8) is 0 Å². The molecule has 1 N–H and O–H groups in total. The minimum Gasteiger partial charge on any atom is -0.493 e. The van der Waals surface area contributed by atoms with Crippen molar-refractivity contribution in [3.8, 4) is 11.5 Å². The molecule has 3 rings (SSSR count). The van der Waals surface area contributed by atoms with Gasteiger partial charge in [0.25, 0.3) is 0 Å². The normalized spacial score (nSPS) is 18.3. The summed E-state index contributed by atoms with van der Waals surface area (Å²) < 4.78 is 42.8. The van der Waals surface area contributed by atoms with Crippen LogP contribution < -0.4 is 14.8 Å². The standard InChI is InChI=1S/C30H44ClN3O6S/c1-33(2)30(24-10-12-25(31)13-11-24)23-8-6-22(7-9-23)16-17-32-29(35)21-40-19-18-34(3)41(36,37)26-14-15-27(38-4)28(20-26)39-5/h10-15,20,22-23,30H,6-9,16-19,21H2,1-5H3,(H,32,35). The lowest BCUT2D eigenvalue weighted by Crippen LogP contribution is -2.34. The van der Waals surface area contributed by atoms with Crippen LogP contribution >= 0.6 is 11.6 Å². The highest BCUT2D eigenvalue weighted by Crippen LogP contribution is 2.40. The van der Waals surface area contributed by atoms with Gasteiger partial charge in [-0.3, -0.25) is 4.79 Å². The van der Waals surface area contributed by atoms with Crippen molar-refractivity contribution >= 4 is 27.5 Å². The van der Waals surface area contributed by atoms with E-state index < -0.39 is 10.0 Å². The van der Waals surface area contributed by atoms with Gasteiger partial charge in [-0.15, -0.1) is 0 Å². The fourth-order valence-electron chi connectivity index (χ4n) is 5.55. The van der Waals surface area contributed by atoms with E-state index in [1.54, 1.807) is 6.07 Å². The first-order valence-corrected chi connectivity index (χ1v) is 15.8. The number of carbonyl (C=O) groups is 1. The van der Waals surface area contributed by atoms with Gasteiger partial charge in [0.05, 0.1) is 25.7 Å². The molecule has 2 aromatic carbocycles. The molecule has 0 aliphatic heterocycles. The topological polar surface area (TPSA) is 97.4 Å². The third-order valence-corrected chi connectivity index (χ3v) is 9.93. The predicted octanol–water partition coefficient (Wildman–Crippen LogP) is 4.61. The first kappa shape index (κ1) is 33.1. The van der Waals surface area contributed by atoms with Crippen LogP contribution in [0.2, 0.25) is 5.02 Å². The number of nitrogens with one attached hydrogen (secondary N) is 1. The minimum atomic E-state index is -3.75. The number of likely N-dealkylation sites (N-methyl/N-ethyl adjacent to an activating group) is 1. The summed E-state index contributed by atoms with van der Waals surface area (Å²) in [7, 11) is 4.94. The summed E-state index contributed by atoms with van der Waals surface area (Å²) in [6.45, 7) is 0.709. The van der Waals surface area contributed by atoms with Crippen LogP contribution in [0, 0.1) is 11.8 Å². The van der Waals surface area contributed by atoms with Crippen molar-refractivity contribution < 1.29 is 27.4 Å². The Morgan fingerprint density at radius 3 is 2.27 bits per heavy atom. The molecule has 0 heterocycles. The number of ether oxygens (including phenoxy) is 3. The van der Waals surface area contributed by atoms with Crippen molar-refractivity contribution in [1.29, 1.82) is 0 Å². The average molecular weight is 610 g/mol. The molecule has 1 atom stereocenters. The van der Waals surface area contributed by atoms with Gasteiger partial charge < -0.3 is 24.4 Å². The highest BCUT2D eigenvalue weighted by atomic mass is 35.5. The molecule has 0 radical (unpaired) electrons. The summed E-state index contributed by atoms with van der Waals surface area (Å²) in [5.41, 5.74) is 1.31. The molecule has 228 valence electrons. The second-order valence-corrected chi connectivity index (χ2v) is 13.3. The Morgan fingerprint density at radius 2 is 1.66 bits per heavy atom. The maximum atomic E-state index is 12.9. The van der Waals surface area contributed by atoms with Crippen molar-refractivity contribution in [1.82, 2.24) is 14.5 Å². The number of sulfonamides is 1. The van der Waals surface area contributed by atoms with Gasteiger partial charge in [-0.05, 0) is 75.0 Å². The lowest BCUT2D eigenvalue weighted by Gasteiger charge is -2.37. The second kappa shape index (κ2) is 15.7. The third kappa shape index (κ3) is 9.31. The fraction of sp³-hybridized carbons (Fsp3) is 0.567. The van der Waals surface area contributed by atoms with E-state index in [-0.39, 0.29) is 30.6 Å². The van der Waals surface area contributed by atoms with Crippen molar-refractivity contribution in [2.75, 3.05) is 61.7 Å². The Balaban J connectivity index is 1.34. The Labute approximate surface area is 250 Å². The van der Waals surface area contributed by atoms with Crippen LogP contribution in [0.5, 0.6) is 11.5 Å². The molecular formula is C30H44ClN3O6S. The molecule has 9 nitrogen and oxygen atoms in total. The second-order valence-electron chi connectivity index (χ2n) is 10.8. The SMILES string of the molecule is COc1ccc(S(=O)(=O)N(C)CCOCC(=O)NCCC2CCC(C(c3ccc(Cl)cc3)N(C)C)CC2)cc1OC. The van der Waals surface area contributed by atoms with Crippen molar-refractivity contribution in [2.45, 2.75) is 43.0 Å². The van der Waals surface area contributed by atoms with E-state index in [9.17, 15) is 13.2 Å². The number of rotatable bonds is 15. The molecule has 0 aromatic heterocycles. The van der Waals surface area contributed by atoms with Crippen molar-refractivity contribution in [3.05, 3.63) is 53.1 Å². The van der Waals surface area contributed by atoms with Crippen LogP contribution in [-0.4, -0.2) is 85.2 Å². The quantitative estimate of drug-likeness (QED) is 0.295. The summed E-state index contributed by atoms with van der Waals surface area (Å²) in [6.07, 6.45) is 5.56. The molecule has 1 aliphatic carbocycles. The molecule has 0 bridgehead atoms. The summed E-state index contributed by atoms with van der Waals surface area (Å²) >= 11 is 6.09. The van der Waals surface area contributed by atoms with Crippen molar-refractivity contribution in [2.24, 2.45) is 11.8 Å². The van der Waals surface area contributed by atoms with Gasteiger partial charge in [0.1, 0.15) is 6.61 Å². The van der Waals surface area contributed by atoms with E-state index in [0.29, 0.717) is 35.9 Å². The number of carbonyl (C=O) groups excluding carboxylic acids is 1. The molecule has 0 spiro atoms. The summed E-state index contributed by atoms with van der Waals surface area (Å²) in [5.74, 6) is 1.77. The van der Waals surface area contributed by atoms with Gasteiger partial charge in [-0.2, -0.15) is 4.31 Å².